The Labute approximate surface area is 81.7 Å². The summed E-state index contributed by atoms with van der Waals surface area (Å²) in [6.45, 7) is 3.78. The van der Waals surface area contributed by atoms with Crippen molar-refractivity contribution in [1.29, 1.82) is 0 Å². The molecule has 0 saturated carbocycles. The van der Waals surface area contributed by atoms with Crippen molar-refractivity contribution in [2.75, 3.05) is 0 Å². The van der Waals surface area contributed by atoms with Crippen molar-refractivity contribution in [1.82, 2.24) is 0 Å². The lowest BCUT2D eigenvalue weighted by Gasteiger charge is -2.30. The van der Waals surface area contributed by atoms with Crippen LogP contribution in [0.25, 0.3) is 0 Å². The zero-order valence-corrected chi connectivity index (χ0v) is 8.03. The topological polar surface area (TPSA) is 43.4 Å². The van der Waals surface area contributed by atoms with E-state index in [1.54, 1.807) is 6.08 Å². The lowest BCUT2D eigenvalue weighted by atomic mass is 9.96. The number of allylic oxidation sites excluding steroid dienone is 3. The van der Waals surface area contributed by atoms with E-state index in [-0.39, 0.29) is 0 Å². The minimum atomic E-state index is -0.519. The molecule has 0 aromatic rings. The van der Waals surface area contributed by atoms with E-state index in [4.69, 9.17) is 4.74 Å². The molecule has 1 aliphatic carbocycles. The van der Waals surface area contributed by atoms with Gasteiger partial charge in [-0.15, -0.1) is 0 Å². The third kappa shape index (κ3) is 1.41. The number of ether oxygens (including phenoxy) is 1. The highest BCUT2D eigenvalue weighted by Gasteiger charge is 2.28. The SMILES string of the molecule is CC1(C)C=CC2=CC(=O)C(=O)C=C2O1. The van der Waals surface area contributed by atoms with Gasteiger partial charge in [-0.25, -0.2) is 0 Å². The van der Waals surface area contributed by atoms with Gasteiger partial charge in [0.2, 0.25) is 11.6 Å². The van der Waals surface area contributed by atoms with Gasteiger partial charge in [0.25, 0.3) is 0 Å². The molecule has 0 spiro atoms. The number of rotatable bonds is 0. The Kier molecular flexibility index (Phi) is 1.71. The zero-order valence-electron chi connectivity index (χ0n) is 8.03. The van der Waals surface area contributed by atoms with Crippen LogP contribution in [0.2, 0.25) is 0 Å². The summed E-state index contributed by atoms with van der Waals surface area (Å²) in [6, 6.07) is 0. The molecule has 0 N–H and O–H groups in total. The molecule has 3 heteroatoms. The molecule has 1 heterocycles. The van der Waals surface area contributed by atoms with Crippen molar-refractivity contribution >= 4 is 11.6 Å². The summed E-state index contributed by atoms with van der Waals surface area (Å²) in [5, 5.41) is 0. The average Bonchev–Trinajstić information content (AvgIpc) is 2.07. The van der Waals surface area contributed by atoms with Crippen LogP contribution >= 0.6 is 0 Å². The number of carbonyl (C=O) groups is 2. The van der Waals surface area contributed by atoms with Crippen molar-refractivity contribution in [2.24, 2.45) is 0 Å². The van der Waals surface area contributed by atoms with Crippen molar-refractivity contribution in [3.05, 3.63) is 35.6 Å². The van der Waals surface area contributed by atoms with Crippen LogP contribution in [0, 0.1) is 0 Å². The quantitative estimate of drug-likeness (QED) is 0.427. The first-order valence-corrected chi connectivity index (χ1v) is 4.38. The Hall–Kier alpha value is -1.64. The number of hydrogen-bond acceptors (Lipinski definition) is 3. The van der Waals surface area contributed by atoms with E-state index >= 15 is 0 Å². The summed E-state index contributed by atoms with van der Waals surface area (Å²) < 4.78 is 5.53. The monoisotopic (exact) mass is 190 g/mol. The van der Waals surface area contributed by atoms with E-state index < -0.39 is 17.2 Å². The van der Waals surface area contributed by atoms with E-state index in [9.17, 15) is 9.59 Å². The third-order valence-corrected chi connectivity index (χ3v) is 2.11. The van der Waals surface area contributed by atoms with Crippen molar-refractivity contribution in [2.45, 2.75) is 19.4 Å². The lowest BCUT2D eigenvalue weighted by molar-refractivity contribution is -0.131. The highest BCUT2D eigenvalue weighted by molar-refractivity contribution is 6.46. The van der Waals surface area contributed by atoms with Crippen LogP contribution in [0.1, 0.15) is 13.8 Å². The van der Waals surface area contributed by atoms with Crippen LogP contribution in [0.4, 0.5) is 0 Å². The van der Waals surface area contributed by atoms with Gasteiger partial charge in [-0.05, 0) is 19.9 Å². The second-order valence-corrected chi connectivity index (χ2v) is 3.88. The average molecular weight is 190 g/mol. The van der Waals surface area contributed by atoms with E-state index in [2.05, 4.69) is 0 Å². The summed E-state index contributed by atoms with van der Waals surface area (Å²) in [6.07, 6.45) is 6.23. The van der Waals surface area contributed by atoms with Crippen LogP contribution in [0.3, 0.4) is 0 Å². The molecule has 0 aromatic carbocycles. The molecule has 0 radical (unpaired) electrons. The normalized spacial score (nSPS) is 23.6. The van der Waals surface area contributed by atoms with Gasteiger partial charge in [0.1, 0.15) is 11.4 Å². The molecule has 0 atom stereocenters. The number of fused-ring (bicyclic) bond motifs is 1. The maximum Gasteiger partial charge on any atom is 0.229 e. The minimum Gasteiger partial charge on any atom is -0.483 e. The first-order valence-electron chi connectivity index (χ1n) is 4.38. The van der Waals surface area contributed by atoms with Gasteiger partial charge in [-0.3, -0.25) is 9.59 Å². The largest absolute Gasteiger partial charge is 0.483 e. The molecule has 1 aliphatic heterocycles. The number of carbonyl (C=O) groups excluding carboxylic acids is 2. The first-order chi connectivity index (χ1) is 6.48. The summed E-state index contributed by atoms with van der Waals surface area (Å²) in [5.74, 6) is -0.520. The highest BCUT2D eigenvalue weighted by atomic mass is 16.5. The molecule has 72 valence electrons. The standard InChI is InChI=1S/C11H10O3/c1-11(2)4-3-7-5-8(12)9(13)6-10(7)14-11/h3-6H,1-2H3. The van der Waals surface area contributed by atoms with Gasteiger partial charge >= 0.3 is 0 Å². The molecular weight excluding hydrogens is 180 g/mol. The van der Waals surface area contributed by atoms with E-state index in [0.717, 1.165) is 0 Å². The predicted molar refractivity (Wildman–Crippen MR) is 50.5 cm³/mol. The second kappa shape index (κ2) is 2.67. The van der Waals surface area contributed by atoms with Gasteiger partial charge in [0.05, 0.1) is 0 Å². The summed E-state index contributed by atoms with van der Waals surface area (Å²) >= 11 is 0. The van der Waals surface area contributed by atoms with E-state index in [0.29, 0.717) is 11.3 Å². The van der Waals surface area contributed by atoms with Crippen molar-refractivity contribution < 1.29 is 14.3 Å². The van der Waals surface area contributed by atoms with Gasteiger partial charge in [-0.2, -0.15) is 0 Å². The van der Waals surface area contributed by atoms with Gasteiger partial charge < -0.3 is 4.74 Å². The van der Waals surface area contributed by atoms with Gasteiger partial charge in [0, 0.05) is 17.7 Å². The molecule has 14 heavy (non-hydrogen) atoms. The fraction of sp³-hybridized carbons (Fsp3) is 0.273. The molecule has 2 aliphatic rings. The molecule has 0 unspecified atom stereocenters. The summed E-state index contributed by atoms with van der Waals surface area (Å²) in [7, 11) is 0. The first kappa shape index (κ1) is 8.94. The minimum absolute atomic E-state index is 0.413. The molecule has 0 saturated heterocycles. The highest BCUT2D eigenvalue weighted by Crippen LogP contribution is 2.29. The Morgan fingerprint density at radius 3 is 2.50 bits per heavy atom. The lowest BCUT2D eigenvalue weighted by Crippen LogP contribution is -2.27. The van der Waals surface area contributed by atoms with E-state index in [1.807, 2.05) is 19.9 Å². The Morgan fingerprint density at radius 2 is 1.79 bits per heavy atom. The van der Waals surface area contributed by atoms with Gasteiger partial charge in [0.15, 0.2) is 0 Å². The molecule has 3 nitrogen and oxygen atoms in total. The maximum absolute atomic E-state index is 11.1. The molecular formula is C11H10O3. The van der Waals surface area contributed by atoms with Crippen LogP contribution in [-0.4, -0.2) is 17.2 Å². The predicted octanol–water partition coefficient (Wildman–Crippen LogP) is 1.31. The Balaban J connectivity index is 2.45. The van der Waals surface area contributed by atoms with Crippen LogP contribution in [-0.2, 0) is 14.3 Å². The van der Waals surface area contributed by atoms with Crippen LogP contribution in [0.15, 0.2) is 35.6 Å². The molecule has 0 bridgehead atoms. The van der Waals surface area contributed by atoms with Crippen molar-refractivity contribution in [3.63, 3.8) is 0 Å². The van der Waals surface area contributed by atoms with Crippen LogP contribution in [0.5, 0.6) is 0 Å². The fourth-order valence-corrected chi connectivity index (χ4v) is 1.38. The van der Waals surface area contributed by atoms with Crippen LogP contribution < -0.4 is 0 Å². The van der Waals surface area contributed by atoms with Crippen molar-refractivity contribution in [3.8, 4) is 0 Å². The third-order valence-electron chi connectivity index (χ3n) is 2.11. The molecule has 0 fully saturated rings. The Bertz CT molecular complexity index is 408. The van der Waals surface area contributed by atoms with E-state index in [1.165, 1.54) is 12.2 Å². The molecule has 0 aromatic heterocycles. The summed E-state index contributed by atoms with van der Waals surface area (Å²) in [4.78, 5) is 22.1. The maximum atomic E-state index is 11.1. The number of hydrogen-bond donors (Lipinski definition) is 0. The zero-order chi connectivity index (χ0) is 10.3. The number of ketones is 2. The Morgan fingerprint density at radius 1 is 1.14 bits per heavy atom. The summed E-state index contributed by atoms with van der Waals surface area (Å²) in [5.41, 5.74) is 0.262. The molecule has 0 amide bonds. The smallest absolute Gasteiger partial charge is 0.229 e. The second-order valence-electron chi connectivity index (χ2n) is 3.88. The van der Waals surface area contributed by atoms with Gasteiger partial charge in [-0.1, -0.05) is 6.08 Å². The fourth-order valence-electron chi connectivity index (χ4n) is 1.38. The molecule has 2 rings (SSSR count).